The fourth-order valence-electron chi connectivity index (χ4n) is 5.01. The molecule has 7 heteroatoms. The number of fused-ring (bicyclic) bond motifs is 4. The fourth-order valence-corrected chi connectivity index (χ4v) is 7.20. The van der Waals surface area contributed by atoms with Crippen molar-refractivity contribution in [2.75, 3.05) is 17.2 Å². The van der Waals surface area contributed by atoms with Gasteiger partial charge in [0.25, 0.3) is 5.56 Å². The van der Waals surface area contributed by atoms with Crippen LogP contribution in [0.3, 0.4) is 0 Å². The van der Waals surface area contributed by atoms with E-state index in [1.54, 1.807) is 15.9 Å². The van der Waals surface area contributed by atoms with E-state index in [0.29, 0.717) is 11.7 Å². The monoisotopic (exact) mass is 487 g/mol. The summed E-state index contributed by atoms with van der Waals surface area (Å²) in [5.74, 6) is 0.286. The Kier molecular flexibility index (Phi) is 5.54. The average Bonchev–Trinajstić information content (AvgIpc) is 3.45. The molecule has 2 aromatic carbocycles. The summed E-state index contributed by atoms with van der Waals surface area (Å²) < 4.78 is 1.71. The summed E-state index contributed by atoms with van der Waals surface area (Å²) in [6.07, 6.45) is 5.13. The summed E-state index contributed by atoms with van der Waals surface area (Å²) in [5, 5.41) is 1.35. The normalized spacial score (nSPS) is 14.9. The zero-order valence-electron chi connectivity index (χ0n) is 19.0. The van der Waals surface area contributed by atoms with Crippen LogP contribution in [0.25, 0.3) is 15.9 Å². The van der Waals surface area contributed by atoms with Crippen molar-refractivity contribution in [1.82, 2.24) is 9.55 Å². The van der Waals surface area contributed by atoms with E-state index in [2.05, 4.69) is 6.07 Å². The van der Waals surface area contributed by atoms with Crippen molar-refractivity contribution in [1.29, 1.82) is 0 Å². The Morgan fingerprint density at radius 2 is 1.85 bits per heavy atom. The van der Waals surface area contributed by atoms with Gasteiger partial charge in [-0.3, -0.25) is 14.2 Å². The first kappa shape index (κ1) is 21.6. The summed E-state index contributed by atoms with van der Waals surface area (Å²) in [4.78, 5) is 36.0. The van der Waals surface area contributed by atoms with Gasteiger partial charge in [0.2, 0.25) is 5.91 Å². The molecule has 3 heterocycles. The van der Waals surface area contributed by atoms with Crippen molar-refractivity contribution in [3.8, 4) is 5.69 Å². The third kappa shape index (κ3) is 3.67. The van der Waals surface area contributed by atoms with E-state index in [-0.39, 0.29) is 17.2 Å². The highest BCUT2D eigenvalue weighted by Crippen LogP contribution is 2.35. The van der Waals surface area contributed by atoms with Crippen LogP contribution < -0.4 is 10.5 Å². The second-order valence-electron chi connectivity index (χ2n) is 8.97. The number of nitrogens with zero attached hydrogens (tertiary/aromatic N) is 3. The number of aryl methyl sites for hydroxylation is 3. The van der Waals surface area contributed by atoms with Gasteiger partial charge in [-0.15, -0.1) is 11.3 Å². The molecule has 0 fully saturated rings. The highest BCUT2D eigenvalue weighted by Gasteiger charge is 2.26. The maximum absolute atomic E-state index is 13.9. The zero-order chi connectivity index (χ0) is 23.2. The number of rotatable bonds is 4. The van der Waals surface area contributed by atoms with E-state index in [1.807, 2.05) is 54.3 Å². The van der Waals surface area contributed by atoms with Crippen LogP contribution >= 0.6 is 23.1 Å². The van der Waals surface area contributed by atoms with Crippen LogP contribution in [0.2, 0.25) is 0 Å². The molecule has 2 aliphatic rings. The molecular formula is C27H25N3O2S2. The van der Waals surface area contributed by atoms with Gasteiger partial charge in [-0.2, -0.15) is 0 Å². The molecule has 1 aliphatic carbocycles. The average molecular weight is 488 g/mol. The van der Waals surface area contributed by atoms with E-state index < -0.39 is 0 Å². The molecule has 172 valence electrons. The maximum atomic E-state index is 13.9. The molecule has 0 radical (unpaired) electrons. The zero-order valence-corrected chi connectivity index (χ0v) is 20.7. The quantitative estimate of drug-likeness (QED) is 0.289. The highest BCUT2D eigenvalue weighted by molar-refractivity contribution is 7.99. The minimum Gasteiger partial charge on any atom is -0.311 e. The van der Waals surface area contributed by atoms with E-state index in [0.717, 1.165) is 52.8 Å². The highest BCUT2D eigenvalue weighted by atomic mass is 32.2. The number of anilines is 1. The standard InChI is InChI=1S/C27H25N3O2S2/c1-17-10-12-19(13-11-17)30-26(32)24-20-7-3-5-9-22(20)34-25(24)28-27(30)33-16-23(31)29-15-14-18-6-2-4-8-21(18)29/h2,4,6,8,10-13H,3,5,7,9,14-16H2,1H3. The third-order valence-corrected chi connectivity index (χ3v) is 8.87. The van der Waals surface area contributed by atoms with Crippen molar-refractivity contribution in [3.63, 3.8) is 0 Å². The molecule has 0 atom stereocenters. The van der Waals surface area contributed by atoms with E-state index >= 15 is 0 Å². The predicted molar refractivity (Wildman–Crippen MR) is 140 cm³/mol. The number of para-hydroxylation sites is 1. The largest absolute Gasteiger partial charge is 0.311 e. The molecule has 0 spiro atoms. The smallest absolute Gasteiger partial charge is 0.267 e. The first-order chi connectivity index (χ1) is 16.6. The third-order valence-electron chi connectivity index (χ3n) is 6.76. The van der Waals surface area contributed by atoms with Gasteiger partial charge in [-0.25, -0.2) is 4.98 Å². The number of hydrogen-bond acceptors (Lipinski definition) is 5. The lowest BCUT2D eigenvalue weighted by molar-refractivity contribution is -0.116. The molecule has 6 rings (SSSR count). The lowest BCUT2D eigenvalue weighted by Crippen LogP contribution is -2.31. The molecule has 0 saturated carbocycles. The Bertz CT molecular complexity index is 1470. The van der Waals surface area contributed by atoms with Crippen LogP contribution in [0.15, 0.2) is 58.5 Å². The van der Waals surface area contributed by atoms with E-state index in [4.69, 9.17) is 4.98 Å². The number of carbonyl (C=O) groups is 1. The van der Waals surface area contributed by atoms with Crippen LogP contribution in [-0.2, 0) is 24.1 Å². The number of thioether (sulfide) groups is 1. The molecule has 0 saturated heterocycles. The molecule has 4 aromatic rings. The van der Waals surface area contributed by atoms with Crippen molar-refractivity contribution in [2.45, 2.75) is 44.2 Å². The maximum Gasteiger partial charge on any atom is 0.267 e. The Morgan fingerprint density at radius 1 is 1.06 bits per heavy atom. The summed E-state index contributed by atoms with van der Waals surface area (Å²) in [6, 6.07) is 16.0. The minimum atomic E-state index is -0.0188. The van der Waals surface area contributed by atoms with Gasteiger partial charge in [0, 0.05) is 17.1 Å². The van der Waals surface area contributed by atoms with Gasteiger partial charge in [0.15, 0.2) is 5.16 Å². The van der Waals surface area contributed by atoms with Crippen LogP contribution in [0.4, 0.5) is 5.69 Å². The number of amides is 1. The Morgan fingerprint density at radius 3 is 2.71 bits per heavy atom. The summed E-state index contributed by atoms with van der Waals surface area (Å²) in [7, 11) is 0. The number of hydrogen-bond donors (Lipinski definition) is 0. The Balaban J connectivity index is 1.40. The lowest BCUT2D eigenvalue weighted by atomic mass is 9.97. The van der Waals surface area contributed by atoms with Crippen molar-refractivity contribution >= 4 is 44.9 Å². The SMILES string of the molecule is Cc1ccc(-n2c(SCC(=O)N3CCc4ccccc43)nc3sc4c(c3c2=O)CCCC4)cc1. The fraction of sp³-hybridized carbons (Fsp3) is 0.296. The Labute approximate surface area is 206 Å². The van der Waals surface area contributed by atoms with Gasteiger partial charge in [-0.1, -0.05) is 47.7 Å². The molecule has 1 aliphatic heterocycles. The second kappa shape index (κ2) is 8.71. The summed E-state index contributed by atoms with van der Waals surface area (Å²) >= 11 is 3.01. The van der Waals surface area contributed by atoms with Crippen LogP contribution in [-0.4, -0.2) is 27.8 Å². The number of thiophene rings is 1. The topological polar surface area (TPSA) is 55.2 Å². The molecule has 0 unspecified atom stereocenters. The first-order valence-corrected chi connectivity index (χ1v) is 13.6. The van der Waals surface area contributed by atoms with Gasteiger partial charge >= 0.3 is 0 Å². The molecule has 2 aromatic heterocycles. The summed E-state index contributed by atoms with van der Waals surface area (Å²) in [5.41, 5.74) is 5.30. The van der Waals surface area contributed by atoms with Crippen molar-refractivity contribution < 1.29 is 4.79 Å². The Hall–Kier alpha value is -2.90. The van der Waals surface area contributed by atoms with Gasteiger partial charge in [0.1, 0.15) is 4.83 Å². The summed E-state index contributed by atoms with van der Waals surface area (Å²) in [6.45, 7) is 2.74. The van der Waals surface area contributed by atoms with E-state index in [9.17, 15) is 9.59 Å². The second-order valence-corrected chi connectivity index (χ2v) is 11.0. The molecule has 34 heavy (non-hydrogen) atoms. The van der Waals surface area contributed by atoms with Crippen molar-refractivity contribution in [2.24, 2.45) is 0 Å². The van der Waals surface area contributed by atoms with Gasteiger partial charge < -0.3 is 4.90 Å². The van der Waals surface area contributed by atoms with Crippen LogP contribution in [0.1, 0.15) is 34.4 Å². The first-order valence-electron chi connectivity index (χ1n) is 11.8. The lowest BCUT2D eigenvalue weighted by Gasteiger charge is -2.18. The minimum absolute atomic E-state index is 0.0188. The molecule has 5 nitrogen and oxygen atoms in total. The number of aromatic nitrogens is 2. The predicted octanol–water partition coefficient (Wildman–Crippen LogP) is 5.32. The molecular weight excluding hydrogens is 462 g/mol. The number of carbonyl (C=O) groups excluding carboxylic acids is 1. The van der Waals surface area contributed by atoms with Crippen LogP contribution in [0.5, 0.6) is 0 Å². The molecule has 0 N–H and O–H groups in total. The van der Waals surface area contributed by atoms with Gasteiger partial charge in [-0.05, 0) is 68.4 Å². The van der Waals surface area contributed by atoms with Gasteiger partial charge in [0.05, 0.1) is 16.8 Å². The molecule has 0 bridgehead atoms. The van der Waals surface area contributed by atoms with E-state index in [1.165, 1.54) is 34.2 Å². The van der Waals surface area contributed by atoms with Crippen LogP contribution in [0, 0.1) is 6.92 Å². The molecule has 1 amide bonds. The van der Waals surface area contributed by atoms with Crippen molar-refractivity contribution in [3.05, 3.63) is 80.5 Å². The number of benzene rings is 2.